The number of hydrogen-bond acceptors (Lipinski definition) is 5. The Morgan fingerprint density at radius 2 is 1.46 bits per heavy atom. The SMILES string of the molecule is O=C(NCCCn1ccnc1)c1ccnc(C(=O)NCCCn2ccnc2)c1. The van der Waals surface area contributed by atoms with Gasteiger partial charge >= 0.3 is 0 Å². The zero-order valence-corrected chi connectivity index (χ0v) is 15.5. The van der Waals surface area contributed by atoms with Gasteiger partial charge in [-0.25, -0.2) is 9.97 Å². The van der Waals surface area contributed by atoms with E-state index in [9.17, 15) is 9.59 Å². The van der Waals surface area contributed by atoms with E-state index in [1.54, 1.807) is 31.1 Å². The summed E-state index contributed by atoms with van der Waals surface area (Å²) in [5.41, 5.74) is 0.648. The predicted molar refractivity (Wildman–Crippen MR) is 103 cm³/mol. The molecule has 0 fully saturated rings. The Bertz CT molecular complexity index is 806. The van der Waals surface area contributed by atoms with Crippen molar-refractivity contribution < 1.29 is 9.59 Å². The van der Waals surface area contributed by atoms with Crippen LogP contribution < -0.4 is 10.6 Å². The van der Waals surface area contributed by atoms with Gasteiger partial charge in [-0.1, -0.05) is 0 Å². The predicted octanol–water partition coefficient (Wildman–Crippen LogP) is 1.11. The van der Waals surface area contributed by atoms with Crippen LogP contribution in [0.5, 0.6) is 0 Å². The van der Waals surface area contributed by atoms with Crippen molar-refractivity contribution in [2.75, 3.05) is 13.1 Å². The first kappa shape index (κ1) is 19.3. The van der Waals surface area contributed by atoms with E-state index in [0.717, 1.165) is 25.9 Å². The Kier molecular flexibility index (Phi) is 6.89. The molecule has 0 aliphatic carbocycles. The summed E-state index contributed by atoms with van der Waals surface area (Å²) in [6.45, 7) is 2.61. The molecule has 3 aromatic rings. The minimum atomic E-state index is -0.291. The maximum Gasteiger partial charge on any atom is 0.269 e. The van der Waals surface area contributed by atoms with Crippen LogP contribution in [-0.2, 0) is 13.1 Å². The van der Waals surface area contributed by atoms with Crippen molar-refractivity contribution in [1.29, 1.82) is 0 Å². The molecule has 0 atom stereocenters. The standard InChI is InChI=1S/C19H23N7O2/c27-18(23-4-1-9-25-11-7-20-14-25)16-3-6-22-17(13-16)19(28)24-5-2-10-26-12-8-21-15-26/h3,6-8,11-15H,1-2,4-5,9-10H2,(H,23,27)(H,24,28). The minimum Gasteiger partial charge on any atom is -0.352 e. The van der Waals surface area contributed by atoms with Gasteiger partial charge < -0.3 is 19.8 Å². The van der Waals surface area contributed by atoms with Crippen molar-refractivity contribution >= 4 is 11.8 Å². The van der Waals surface area contributed by atoms with Gasteiger partial charge in [-0.15, -0.1) is 0 Å². The molecule has 3 aromatic heterocycles. The molecule has 0 aliphatic rings. The lowest BCUT2D eigenvalue weighted by molar-refractivity contribution is 0.0947. The number of pyridine rings is 1. The highest BCUT2D eigenvalue weighted by Crippen LogP contribution is 2.03. The Labute approximate surface area is 162 Å². The molecule has 28 heavy (non-hydrogen) atoms. The van der Waals surface area contributed by atoms with E-state index in [1.807, 2.05) is 21.5 Å². The van der Waals surface area contributed by atoms with E-state index in [0.29, 0.717) is 18.7 Å². The number of carbonyl (C=O) groups excluding carboxylic acids is 2. The quantitative estimate of drug-likeness (QED) is 0.512. The molecule has 0 spiro atoms. The topological polar surface area (TPSA) is 107 Å². The molecule has 0 aromatic carbocycles. The van der Waals surface area contributed by atoms with Gasteiger partial charge in [0, 0.05) is 62.7 Å². The van der Waals surface area contributed by atoms with Crippen molar-refractivity contribution in [3.63, 3.8) is 0 Å². The van der Waals surface area contributed by atoms with Crippen LogP contribution in [0.3, 0.4) is 0 Å². The molecule has 9 nitrogen and oxygen atoms in total. The van der Waals surface area contributed by atoms with Crippen molar-refractivity contribution in [3.05, 3.63) is 67.0 Å². The van der Waals surface area contributed by atoms with E-state index in [4.69, 9.17) is 0 Å². The highest BCUT2D eigenvalue weighted by molar-refractivity contribution is 5.98. The summed E-state index contributed by atoms with van der Waals surface area (Å²) in [4.78, 5) is 36.5. The number of aryl methyl sites for hydroxylation is 2. The molecule has 0 aliphatic heterocycles. The van der Waals surface area contributed by atoms with Crippen LogP contribution in [0.1, 0.15) is 33.7 Å². The van der Waals surface area contributed by atoms with Gasteiger partial charge in [0.25, 0.3) is 11.8 Å². The fraction of sp³-hybridized carbons (Fsp3) is 0.316. The van der Waals surface area contributed by atoms with Crippen LogP contribution in [0.25, 0.3) is 0 Å². The molecule has 3 heterocycles. The molecule has 2 N–H and O–H groups in total. The average Bonchev–Trinajstić information content (AvgIpc) is 3.42. The van der Waals surface area contributed by atoms with Crippen molar-refractivity contribution in [3.8, 4) is 0 Å². The summed E-state index contributed by atoms with van der Waals surface area (Å²) in [7, 11) is 0. The van der Waals surface area contributed by atoms with Gasteiger partial charge in [0.1, 0.15) is 5.69 Å². The number of imidazole rings is 2. The monoisotopic (exact) mass is 381 g/mol. The first-order valence-corrected chi connectivity index (χ1v) is 9.16. The molecule has 0 unspecified atom stereocenters. The first-order valence-electron chi connectivity index (χ1n) is 9.16. The largest absolute Gasteiger partial charge is 0.352 e. The number of carbonyl (C=O) groups is 2. The number of rotatable bonds is 10. The number of aromatic nitrogens is 5. The summed E-state index contributed by atoms with van der Waals surface area (Å²) in [6.07, 6.45) is 13.7. The van der Waals surface area contributed by atoms with Crippen molar-refractivity contribution in [2.24, 2.45) is 0 Å². The van der Waals surface area contributed by atoms with E-state index in [-0.39, 0.29) is 17.5 Å². The second-order valence-electron chi connectivity index (χ2n) is 6.25. The zero-order valence-electron chi connectivity index (χ0n) is 15.5. The summed E-state index contributed by atoms with van der Waals surface area (Å²) in [5, 5.41) is 5.67. The summed E-state index contributed by atoms with van der Waals surface area (Å²) in [6, 6.07) is 3.11. The lowest BCUT2D eigenvalue weighted by Crippen LogP contribution is -2.28. The van der Waals surface area contributed by atoms with Crippen LogP contribution >= 0.6 is 0 Å². The maximum absolute atomic E-state index is 12.3. The molecule has 0 bridgehead atoms. The fourth-order valence-corrected chi connectivity index (χ4v) is 2.65. The molecule has 0 radical (unpaired) electrons. The number of nitrogens with one attached hydrogen (secondary N) is 2. The third kappa shape index (κ3) is 5.76. The van der Waals surface area contributed by atoms with E-state index in [2.05, 4.69) is 25.6 Å². The second kappa shape index (κ2) is 10.0. The van der Waals surface area contributed by atoms with Crippen LogP contribution in [0.2, 0.25) is 0 Å². The third-order valence-corrected chi connectivity index (χ3v) is 4.13. The molecule has 146 valence electrons. The highest BCUT2D eigenvalue weighted by Gasteiger charge is 2.11. The zero-order chi connectivity index (χ0) is 19.6. The Hall–Kier alpha value is -3.49. The molecule has 2 amide bonds. The molecular weight excluding hydrogens is 358 g/mol. The summed E-state index contributed by atoms with van der Waals surface area (Å²) >= 11 is 0. The summed E-state index contributed by atoms with van der Waals surface area (Å²) in [5.74, 6) is -0.512. The lowest BCUT2D eigenvalue weighted by atomic mass is 10.2. The Balaban J connectivity index is 1.41. The number of hydrogen-bond donors (Lipinski definition) is 2. The fourth-order valence-electron chi connectivity index (χ4n) is 2.65. The van der Waals surface area contributed by atoms with Crippen molar-refractivity contribution in [2.45, 2.75) is 25.9 Å². The first-order chi connectivity index (χ1) is 13.7. The molecule has 9 heteroatoms. The van der Waals surface area contributed by atoms with Gasteiger partial charge in [-0.2, -0.15) is 0 Å². The molecule has 3 rings (SSSR count). The van der Waals surface area contributed by atoms with Crippen LogP contribution in [0.4, 0.5) is 0 Å². The third-order valence-electron chi connectivity index (χ3n) is 4.13. The highest BCUT2D eigenvalue weighted by atomic mass is 16.2. The maximum atomic E-state index is 12.3. The van der Waals surface area contributed by atoms with Crippen molar-refractivity contribution in [1.82, 2.24) is 34.7 Å². The number of nitrogens with zero attached hydrogens (tertiary/aromatic N) is 5. The van der Waals surface area contributed by atoms with Gasteiger partial charge in [-0.05, 0) is 25.0 Å². The van der Waals surface area contributed by atoms with E-state index < -0.39 is 0 Å². The molecule has 0 saturated carbocycles. The van der Waals surface area contributed by atoms with Crippen LogP contribution in [-0.4, -0.2) is 49.0 Å². The molecule has 0 saturated heterocycles. The van der Waals surface area contributed by atoms with E-state index >= 15 is 0 Å². The molecular formula is C19H23N7O2. The van der Waals surface area contributed by atoms with Crippen LogP contribution in [0, 0.1) is 0 Å². The van der Waals surface area contributed by atoms with Gasteiger partial charge in [0.05, 0.1) is 12.7 Å². The Morgan fingerprint density at radius 1 is 0.857 bits per heavy atom. The normalized spacial score (nSPS) is 10.6. The smallest absolute Gasteiger partial charge is 0.269 e. The number of amides is 2. The summed E-state index contributed by atoms with van der Waals surface area (Å²) < 4.78 is 3.90. The van der Waals surface area contributed by atoms with E-state index in [1.165, 1.54) is 12.3 Å². The van der Waals surface area contributed by atoms with Crippen LogP contribution in [0.15, 0.2) is 55.8 Å². The average molecular weight is 381 g/mol. The Morgan fingerprint density at radius 3 is 2.04 bits per heavy atom. The van der Waals surface area contributed by atoms with Gasteiger partial charge in [-0.3, -0.25) is 14.6 Å². The minimum absolute atomic E-state index is 0.220. The lowest BCUT2D eigenvalue weighted by Gasteiger charge is -2.08. The second-order valence-corrected chi connectivity index (χ2v) is 6.25. The van der Waals surface area contributed by atoms with Gasteiger partial charge in [0.2, 0.25) is 0 Å². The van der Waals surface area contributed by atoms with Gasteiger partial charge in [0.15, 0.2) is 0 Å².